The second-order valence-corrected chi connectivity index (χ2v) is 7.48. The molecular weight excluding hydrogens is 392 g/mol. The monoisotopic (exact) mass is 420 g/mol. The molecule has 0 amide bonds. The third-order valence-electron chi connectivity index (χ3n) is 5.11. The Labute approximate surface area is 175 Å². The van der Waals surface area contributed by atoms with E-state index in [0.29, 0.717) is 24.8 Å². The maximum atomic E-state index is 12.6. The van der Waals surface area contributed by atoms with Gasteiger partial charge in [0.25, 0.3) is 0 Å². The van der Waals surface area contributed by atoms with Gasteiger partial charge >= 0.3 is 17.9 Å². The van der Waals surface area contributed by atoms with Crippen LogP contribution in [0.5, 0.6) is 0 Å². The summed E-state index contributed by atoms with van der Waals surface area (Å²) in [5, 5.41) is 19.6. The van der Waals surface area contributed by atoms with Crippen LogP contribution in [0.25, 0.3) is 0 Å². The van der Waals surface area contributed by atoms with Crippen molar-refractivity contribution in [3.8, 4) is 0 Å². The number of allylic oxidation sites excluding steroid dienone is 1. The van der Waals surface area contributed by atoms with Crippen LogP contribution in [0.1, 0.15) is 33.1 Å². The first-order valence-corrected chi connectivity index (χ1v) is 9.71. The van der Waals surface area contributed by atoms with Gasteiger partial charge in [0, 0.05) is 18.9 Å². The fourth-order valence-electron chi connectivity index (χ4n) is 3.42. The molecule has 8 nitrogen and oxygen atoms in total. The number of ether oxygens (including phenoxy) is 3. The van der Waals surface area contributed by atoms with E-state index in [1.165, 1.54) is 6.92 Å². The first-order valence-electron chi connectivity index (χ1n) is 9.71. The Bertz CT molecular complexity index is 791. The fraction of sp³-hybridized carbons (Fsp3) is 0.500. The highest BCUT2D eigenvalue weighted by Crippen LogP contribution is 2.36. The zero-order chi connectivity index (χ0) is 22.4. The number of hydrogen-bond acceptors (Lipinski definition) is 8. The number of esters is 3. The van der Waals surface area contributed by atoms with Gasteiger partial charge in [0.15, 0.2) is 0 Å². The lowest BCUT2D eigenvalue weighted by Crippen LogP contribution is -2.35. The average Bonchev–Trinajstić information content (AvgIpc) is 2.97. The molecule has 1 aliphatic carbocycles. The van der Waals surface area contributed by atoms with E-state index < -0.39 is 48.7 Å². The van der Waals surface area contributed by atoms with Crippen LogP contribution in [0.2, 0.25) is 0 Å². The van der Waals surface area contributed by atoms with Crippen molar-refractivity contribution in [2.75, 3.05) is 13.2 Å². The summed E-state index contributed by atoms with van der Waals surface area (Å²) in [7, 11) is 0. The molecule has 4 atom stereocenters. The van der Waals surface area contributed by atoms with Gasteiger partial charge in [-0.1, -0.05) is 24.8 Å². The molecule has 2 N–H and O–H groups in total. The zero-order valence-electron chi connectivity index (χ0n) is 17.3. The standard InChI is InChI=1S/C22H28O8/c1-12-6-5-7-16(10-23)9-19-20(14(3)22(27)30-19)18(8-12)29-21(26)13(2)17(25)11-28-15(4)24/h6,9,17-20,23,25H,2-3,5,7-8,10-11H2,1,4H3. The lowest BCUT2D eigenvalue weighted by Gasteiger charge is -2.28. The van der Waals surface area contributed by atoms with E-state index in [0.717, 1.165) is 5.57 Å². The number of carbonyl (C=O) groups excluding carboxylic acids is 3. The summed E-state index contributed by atoms with van der Waals surface area (Å²) in [5.74, 6) is -2.71. The molecule has 0 aromatic heterocycles. The average molecular weight is 420 g/mol. The van der Waals surface area contributed by atoms with Crippen LogP contribution >= 0.6 is 0 Å². The first kappa shape index (κ1) is 23.6. The SMILES string of the molecule is C=C(C(=O)OC1CC(C)=CCCC(CO)=CC2OC(=O)C(=C)C21)C(O)COC(C)=O. The predicted octanol–water partition coefficient (Wildman–Crippen LogP) is 1.53. The van der Waals surface area contributed by atoms with Crippen molar-refractivity contribution in [2.45, 2.75) is 51.4 Å². The second kappa shape index (κ2) is 10.4. The number of rotatable bonds is 6. The molecule has 0 radical (unpaired) electrons. The summed E-state index contributed by atoms with van der Waals surface area (Å²) in [4.78, 5) is 35.7. The number of fused-ring (bicyclic) bond motifs is 1. The van der Waals surface area contributed by atoms with Crippen LogP contribution in [0.15, 0.2) is 47.6 Å². The topological polar surface area (TPSA) is 119 Å². The van der Waals surface area contributed by atoms with Gasteiger partial charge in [0.1, 0.15) is 24.9 Å². The highest BCUT2D eigenvalue weighted by molar-refractivity contribution is 5.92. The summed E-state index contributed by atoms with van der Waals surface area (Å²) in [6.45, 7) is 9.81. The minimum Gasteiger partial charge on any atom is -0.463 e. The summed E-state index contributed by atoms with van der Waals surface area (Å²) in [6, 6.07) is 0. The van der Waals surface area contributed by atoms with Crippen LogP contribution in [0, 0.1) is 5.92 Å². The molecular formula is C22H28O8. The van der Waals surface area contributed by atoms with Gasteiger partial charge < -0.3 is 24.4 Å². The van der Waals surface area contributed by atoms with E-state index in [2.05, 4.69) is 13.2 Å². The summed E-state index contributed by atoms with van der Waals surface area (Å²) in [6.07, 6.45) is 2.34. The van der Waals surface area contributed by atoms with E-state index in [1.54, 1.807) is 6.08 Å². The zero-order valence-corrected chi connectivity index (χ0v) is 17.3. The summed E-state index contributed by atoms with van der Waals surface area (Å²) in [5.41, 5.74) is 1.55. The Hall–Kier alpha value is -2.71. The Kier molecular flexibility index (Phi) is 8.14. The molecule has 1 aliphatic heterocycles. The summed E-state index contributed by atoms with van der Waals surface area (Å²) >= 11 is 0. The molecule has 2 rings (SSSR count). The van der Waals surface area contributed by atoms with Gasteiger partial charge in [0.05, 0.1) is 18.1 Å². The lowest BCUT2D eigenvalue weighted by molar-refractivity contribution is -0.151. The van der Waals surface area contributed by atoms with Crippen molar-refractivity contribution in [2.24, 2.45) is 5.92 Å². The van der Waals surface area contributed by atoms with E-state index in [-0.39, 0.29) is 17.8 Å². The number of hydrogen-bond donors (Lipinski definition) is 2. The van der Waals surface area contributed by atoms with Gasteiger partial charge in [-0.05, 0) is 31.4 Å². The van der Waals surface area contributed by atoms with Crippen molar-refractivity contribution >= 4 is 17.9 Å². The van der Waals surface area contributed by atoms with Gasteiger partial charge in [-0.2, -0.15) is 0 Å². The number of aliphatic hydroxyl groups excluding tert-OH is 2. The van der Waals surface area contributed by atoms with Crippen molar-refractivity contribution in [1.29, 1.82) is 0 Å². The van der Waals surface area contributed by atoms with E-state index in [1.807, 2.05) is 13.0 Å². The van der Waals surface area contributed by atoms with Gasteiger partial charge in [0.2, 0.25) is 0 Å². The Morgan fingerprint density at radius 2 is 2.10 bits per heavy atom. The lowest BCUT2D eigenvalue weighted by atomic mass is 9.85. The van der Waals surface area contributed by atoms with Gasteiger partial charge in [-0.3, -0.25) is 4.79 Å². The third-order valence-corrected chi connectivity index (χ3v) is 5.11. The van der Waals surface area contributed by atoms with Gasteiger partial charge in [-0.25, -0.2) is 9.59 Å². The smallest absolute Gasteiger partial charge is 0.336 e. The van der Waals surface area contributed by atoms with Crippen LogP contribution in [0.3, 0.4) is 0 Å². The normalized spacial score (nSPS) is 25.3. The van der Waals surface area contributed by atoms with Crippen molar-refractivity contribution < 1.29 is 38.8 Å². The molecule has 2 aliphatic rings. The molecule has 164 valence electrons. The van der Waals surface area contributed by atoms with E-state index in [9.17, 15) is 24.6 Å². The third kappa shape index (κ3) is 5.90. The molecule has 1 fully saturated rings. The van der Waals surface area contributed by atoms with Crippen LogP contribution in [-0.2, 0) is 28.6 Å². The van der Waals surface area contributed by atoms with Gasteiger partial charge in [-0.15, -0.1) is 0 Å². The molecule has 30 heavy (non-hydrogen) atoms. The molecule has 1 heterocycles. The minimum atomic E-state index is -1.42. The Morgan fingerprint density at radius 3 is 2.73 bits per heavy atom. The number of aliphatic hydroxyl groups is 2. The quantitative estimate of drug-likeness (QED) is 0.287. The van der Waals surface area contributed by atoms with Crippen molar-refractivity contribution in [1.82, 2.24) is 0 Å². The molecule has 8 heteroatoms. The highest BCUT2D eigenvalue weighted by Gasteiger charge is 2.44. The summed E-state index contributed by atoms with van der Waals surface area (Å²) < 4.78 is 15.7. The maximum absolute atomic E-state index is 12.6. The molecule has 0 aromatic rings. The van der Waals surface area contributed by atoms with Crippen LogP contribution in [0.4, 0.5) is 0 Å². The Balaban J connectivity index is 2.26. The second-order valence-electron chi connectivity index (χ2n) is 7.48. The van der Waals surface area contributed by atoms with Crippen LogP contribution < -0.4 is 0 Å². The maximum Gasteiger partial charge on any atom is 0.336 e. The van der Waals surface area contributed by atoms with Crippen molar-refractivity contribution in [3.63, 3.8) is 0 Å². The van der Waals surface area contributed by atoms with Crippen molar-refractivity contribution in [3.05, 3.63) is 47.6 Å². The van der Waals surface area contributed by atoms with E-state index in [4.69, 9.17) is 14.2 Å². The molecule has 0 saturated carbocycles. The highest BCUT2D eigenvalue weighted by atomic mass is 16.6. The van der Waals surface area contributed by atoms with E-state index >= 15 is 0 Å². The largest absolute Gasteiger partial charge is 0.463 e. The fourth-order valence-corrected chi connectivity index (χ4v) is 3.42. The molecule has 0 spiro atoms. The first-order chi connectivity index (χ1) is 14.1. The van der Waals surface area contributed by atoms with Crippen LogP contribution in [-0.4, -0.2) is 59.6 Å². The minimum absolute atomic E-state index is 0.172. The molecule has 1 saturated heterocycles. The Morgan fingerprint density at radius 1 is 1.40 bits per heavy atom. The molecule has 0 aromatic carbocycles. The number of carbonyl (C=O) groups is 3. The predicted molar refractivity (Wildman–Crippen MR) is 107 cm³/mol. The molecule has 4 unspecified atom stereocenters. The molecule has 0 bridgehead atoms.